The van der Waals surface area contributed by atoms with Crippen molar-refractivity contribution in [2.75, 3.05) is 7.11 Å². The normalized spacial score (nSPS) is 15.0. The molecule has 4 heteroatoms. The monoisotopic (exact) mass is 337 g/mol. The predicted octanol–water partition coefficient (Wildman–Crippen LogP) is 5.22. The molecule has 128 valence electrons. The van der Waals surface area contributed by atoms with E-state index < -0.39 is 0 Å². The van der Waals surface area contributed by atoms with E-state index >= 15 is 0 Å². The van der Waals surface area contributed by atoms with Gasteiger partial charge in [-0.2, -0.15) is 5.26 Å². The molecule has 0 radical (unpaired) electrons. The Morgan fingerprint density at radius 3 is 2.48 bits per heavy atom. The molecular formula is C21H20FNO2. The second kappa shape index (κ2) is 7.85. The first-order valence-corrected chi connectivity index (χ1v) is 8.42. The zero-order chi connectivity index (χ0) is 17.6. The Bertz CT molecular complexity index is 800. The smallest absolute Gasteiger partial charge is 0.162 e. The molecule has 0 heterocycles. The van der Waals surface area contributed by atoms with Gasteiger partial charge in [0, 0.05) is 0 Å². The summed E-state index contributed by atoms with van der Waals surface area (Å²) >= 11 is 0. The molecule has 0 aromatic heterocycles. The van der Waals surface area contributed by atoms with Gasteiger partial charge in [0.2, 0.25) is 0 Å². The first-order chi connectivity index (χ1) is 12.2. The van der Waals surface area contributed by atoms with Crippen LogP contribution < -0.4 is 9.47 Å². The van der Waals surface area contributed by atoms with Crippen LogP contribution in [-0.2, 0) is 0 Å². The zero-order valence-corrected chi connectivity index (χ0v) is 14.2. The molecule has 3 nitrogen and oxygen atoms in total. The Morgan fingerprint density at radius 2 is 1.84 bits per heavy atom. The maximum Gasteiger partial charge on any atom is 0.162 e. The number of benzene rings is 2. The Labute approximate surface area is 147 Å². The Morgan fingerprint density at radius 1 is 1.12 bits per heavy atom. The number of hydrogen-bond donors (Lipinski definition) is 0. The fourth-order valence-electron chi connectivity index (χ4n) is 3.04. The summed E-state index contributed by atoms with van der Waals surface area (Å²) in [6.07, 6.45) is 6.49. The van der Waals surface area contributed by atoms with Gasteiger partial charge in [-0.3, -0.25) is 0 Å². The summed E-state index contributed by atoms with van der Waals surface area (Å²) in [4.78, 5) is 0. The Hall–Kier alpha value is -2.80. The lowest BCUT2D eigenvalue weighted by molar-refractivity contribution is 0.201. The molecule has 0 aliphatic heterocycles. The quantitative estimate of drug-likeness (QED) is 0.555. The van der Waals surface area contributed by atoms with Crippen molar-refractivity contribution in [2.45, 2.75) is 31.8 Å². The average Bonchev–Trinajstić information content (AvgIpc) is 3.14. The summed E-state index contributed by atoms with van der Waals surface area (Å²) in [6.45, 7) is 0. The van der Waals surface area contributed by atoms with E-state index in [1.807, 2.05) is 18.2 Å². The van der Waals surface area contributed by atoms with Gasteiger partial charge < -0.3 is 9.47 Å². The molecule has 2 aromatic rings. The number of halogens is 1. The second-order valence-electron chi connectivity index (χ2n) is 6.11. The van der Waals surface area contributed by atoms with E-state index in [1.54, 1.807) is 25.3 Å². The highest BCUT2D eigenvalue weighted by Gasteiger charge is 2.18. The van der Waals surface area contributed by atoms with Crippen molar-refractivity contribution >= 4 is 11.6 Å². The molecule has 1 fully saturated rings. The lowest BCUT2D eigenvalue weighted by atomic mass is 10.0. The van der Waals surface area contributed by atoms with Crippen LogP contribution in [0.4, 0.5) is 4.39 Å². The molecule has 0 saturated heterocycles. The van der Waals surface area contributed by atoms with Gasteiger partial charge in [0.1, 0.15) is 5.82 Å². The summed E-state index contributed by atoms with van der Waals surface area (Å²) < 4.78 is 24.6. The predicted molar refractivity (Wildman–Crippen MR) is 95.8 cm³/mol. The minimum atomic E-state index is -0.322. The maximum atomic E-state index is 13.1. The highest BCUT2D eigenvalue weighted by Crippen LogP contribution is 2.33. The van der Waals surface area contributed by atoms with Crippen LogP contribution in [0.15, 0.2) is 42.5 Å². The molecule has 2 aromatic carbocycles. The number of ether oxygens (including phenoxy) is 2. The number of allylic oxidation sites excluding steroid dienone is 1. The number of nitriles is 1. The van der Waals surface area contributed by atoms with Crippen LogP contribution in [-0.4, -0.2) is 13.2 Å². The molecule has 1 saturated carbocycles. The zero-order valence-electron chi connectivity index (χ0n) is 14.2. The third-order valence-corrected chi connectivity index (χ3v) is 4.37. The maximum absolute atomic E-state index is 13.1. The summed E-state index contributed by atoms with van der Waals surface area (Å²) in [6, 6.07) is 13.7. The summed E-state index contributed by atoms with van der Waals surface area (Å²) in [5, 5.41) is 9.44. The van der Waals surface area contributed by atoms with Crippen molar-refractivity contribution in [1.29, 1.82) is 5.26 Å². The molecule has 0 N–H and O–H groups in total. The van der Waals surface area contributed by atoms with Gasteiger partial charge in [-0.15, -0.1) is 0 Å². The van der Waals surface area contributed by atoms with Crippen LogP contribution >= 0.6 is 0 Å². The summed E-state index contributed by atoms with van der Waals surface area (Å²) in [5.41, 5.74) is 1.99. The first kappa shape index (κ1) is 17.0. The van der Waals surface area contributed by atoms with Gasteiger partial charge in [-0.25, -0.2) is 4.39 Å². The van der Waals surface area contributed by atoms with E-state index in [0.717, 1.165) is 18.4 Å². The minimum absolute atomic E-state index is 0.223. The molecule has 0 unspecified atom stereocenters. The topological polar surface area (TPSA) is 42.2 Å². The van der Waals surface area contributed by atoms with Gasteiger partial charge in [0.25, 0.3) is 0 Å². The van der Waals surface area contributed by atoms with Gasteiger partial charge in [-0.1, -0.05) is 18.2 Å². The molecule has 0 amide bonds. The van der Waals surface area contributed by atoms with Crippen molar-refractivity contribution in [1.82, 2.24) is 0 Å². The minimum Gasteiger partial charge on any atom is -0.493 e. The number of hydrogen-bond acceptors (Lipinski definition) is 3. The molecule has 1 aliphatic rings. The second-order valence-corrected chi connectivity index (χ2v) is 6.11. The standard InChI is InChI=1S/C21H20FNO2/c1-24-20-11-6-15(13-21(20)25-19-4-2-3-5-19)12-17(14-23)16-7-9-18(22)10-8-16/h6-13,19H,2-5H2,1H3/b17-12+. The van der Waals surface area contributed by atoms with Crippen molar-refractivity contribution in [3.63, 3.8) is 0 Å². The first-order valence-electron chi connectivity index (χ1n) is 8.42. The highest BCUT2D eigenvalue weighted by atomic mass is 19.1. The van der Waals surface area contributed by atoms with Crippen LogP contribution in [0.3, 0.4) is 0 Å². The van der Waals surface area contributed by atoms with E-state index in [1.165, 1.54) is 25.0 Å². The molecule has 3 rings (SSSR count). The van der Waals surface area contributed by atoms with Gasteiger partial charge in [0.05, 0.1) is 24.9 Å². The van der Waals surface area contributed by atoms with Gasteiger partial charge in [0.15, 0.2) is 11.5 Å². The fraction of sp³-hybridized carbons (Fsp3) is 0.286. The number of rotatable bonds is 5. The van der Waals surface area contributed by atoms with Crippen LogP contribution in [0.25, 0.3) is 11.6 Å². The SMILES string of the molecule is COc1ccc(/C=C(\C#N)c2ccc(F)cc2)cc1OC1CCCC1. The van der Waals surface area contributed by atoms with E-state index in [2.05, 4.69) is 6.07 Å². The fourth-order valence-corrected chi connectivity index (χ4v) is 3.04. The lowest BCUT2D eigenvalue weighted by Gasteiger charge is -2.16. The van der Waals surface area contributed by atoms with E-state index in [0.29, 0.717) is 22.6 Å². The highest BCUT2D eigenvalue weighted by molar-refractivity contribution is 5.89. The molecule has 0 spiro atoms. The summed E-state index contributed by atoms with van der Waals surface area (Å²) in [5.74, 6) is 1.06. The van der Waals surface area contributed by atoms with Crippen molar-refractivity contribution < 1.29 is 13.9 Å². The van der Waals surface area contributed by atoms with Gasteiger partial charge >= 0.3 is 0 Å². The van der Waals surface area contributed by atoms with Crippen molar-refractivity contribution in [3.8, 4) is 17.6 Å². The molecule has 1 aliphatic carbocycles. The Kier molecular flexibility index (Phi) is 5.35. The summed E-state index contributed by atoms with van der Waals surface area (Å²) in [7, 11) is 1.62. The Balaban J connectivity index is 1.90. The van der Waals surface area contributed by atoms with Crippen LogP contribution in [0.1, 0.15) is 36.8 Å². The van der Waals surface area contributed by atoms with E-state index in [-0.39, 0.29) is 11.9 Å². The van der Waals surface area contributed by atoms with E-state index in [9.17, 15) is 9.65 Å². The molecule has 0 atom stereocenters. The molecular weight excluding hydrogens is 317 g/mol. The average molecular weight is 337 g/mol. The van der Waals surface area contributed by atoms with Crippen LogP contribution in [0.5, 0.6) is 11.5 Å². The largest absolute Gasteiger partial charge is 0.493 e. The van der Waals surface area contributed by atoms with E-state index in [4.69, 9.17) is 9.47 Å². The molecule has 0 bridgehead atoms. The number of methoxy groups -OCH3 is 1. The number of nitrogens with zero attached hydrogens (tertiary/aromatic N) is 1. The third-order valence-electron chi connectivity index (χ3n) is 4.37. The van der Waals surface area contributed by atoms with Crippen LogP contribution in [0, 0.1) is 17.1 Å². The lowest BCUT2D eigenvalue weighted by Crippen LogP contribution is -2.11. The van der Waals surface area contributed by atoms with Crippen molar-refractivity contribution in [2.24, 2.45) is 0 Å². The molecule has 25 heavy (non-hydrogen) atoms. The third kappa shape index (κ3) is 4.19. The van der Waals surface area contributed by atoms with Crippen LogP contribution in [0.2, 0.25) is 0 Å². The van der Waals surface area contributed by atoms with Crippen molar-refractivity contribution in [3.05, 3.63) is 59.4 Å². The van der Waals surface area contributed by atoms with Gasteiger partial charge in [-0.05, 0) is 67.2 Å².